The smallest absolute Gasteiger partial charge is 0.278 e. The van der Waals surface area contributed by atoms with Gasteiger partial charge in [0.05, 0.1) is 18.6 Å². The summed E-state index contributed by atoms with van der Waals surface area (Å²) in [4.78, 5) is 25.3. The third kappa shape index (κ3) is 4.31. The second-order valence-electron chi connectivity index (χ2n) is 9.15. The van der Waals surface area contributed by atoms with Crippen molar-refractivity contribution in [3.05, 3.63) is 76.1 Å². The number of benzene rings is 1. The Kier molecular flexibility index (Phi) is 6.34. The lowest BCUT2D eigenvalue weighted by molar-refractivity contribution is 0.716. The van der Waals surface area contributed by atoms with Gasteiger partial charge in [0.25, 0.3) is 5.56 Å². The largest absolute Gasteiger partial charge is 0.355 e. The van der Waals surface area contributed by atoms with E-state index in [0.717, 1.165) is 60.5 Å². The number of aromatic nitrogens is 4. The summed E-state index contributed by atoms with van der Waals surface area (Å²) in [7, 11) is 0. The maximum atomic E-state index is 13.9. The van der Waals surface area contributed by atoms with Crippen molar-refractivity contribution in [3.63, 3.8) is 0 Å². The van der Waals surface area contributed by atoms with Crippen molar-refractivity contribution >= 4 is 27.6 Å². The summed E-state index contributed by atoms with van der Waals surface area (Å²) in [6.07, 6.45) is 6.38. The van der Waals surface area contributed by atoms with Gasteiger partial charge in [0.2, 0.25) is 0 Å². The van der Waals surface area contributed by atoms with Gasteiger partial charge in [0.15, 0.2) is 0 Å². The lowest BCUT2D eigenvalue weighted by Gasteiger charge is -2.24. The summed E-state index contributed by atoms with van der Waals surface area (Å²) in [6.45, 7) is 8.25. The minimum atomic E-state index is -0.164. The van der Waals surface area contributed by atoms with Crippen LogP contribution in [-0.2, 0) is 13.1 Å². The predicted molar refractivity (Wildman–Crippen MR) is 139 cm³/mol. The molecule has 8 nitrogen and oxygen atoms in total. The maximum absolute atomic E-state index is 13.9. The number of hydrogen-bond acceptors (Lipinski definition) is 6. The van der Waals surface area contributed by atoms with Crippen molar-refractivity contribution in [3.8, 4) is 6.07 Å². The summed E-state index contributed by atoms with van der Waals surface area (Å²) < 4.78 is 3.58. The molecule has 1 saturated heterocycles. The molecule has 35 heavy (non-hydrogen) atoms. The monoisotopic (exact) mass is 467 g/mol. The van der Waals surface area contributed by atoms with Crippen LogP contribution in [0.5, 0.6) is 0 Å². The van der Waals surface area contributed by atoms with Crippen LogP contribution in [0, 0.1) is 11.3 Å². The van der Waals surface area contributed by atoms with Gasteiger partial charge >= 0.3 is 0 Å². The summed E-state index contributed by atoms with van der Waals surface area (Å²) in [5.74, 6) is 0.786. The first-order valence-corrected chi connectivity index (χ1v) is 12.0. The first-order valence-electron chi connectivity index (χ1n) is 12.0. The van der Waals surface area contributed by atoms with Crippen molar-refractivity contribution in [1.29, 1.82) is 5.26 Å². The molecule has 0 aliphatic carbocycles. The van der Waals surface area contributed by atoms with Crippen molar-refractivity contribution < 1.29 is 0 Å². The normalized spacial score (nSPS) is 14.1. The van der Waals surface area contributed by atoms with Gasteiger partial charge in [-0.15, -0.1) is 0 Å². The molecule has 0 spiro atoms. The molecule has 8 heteroatoms. The van der Waals surface area contributed by atoms with E-state index < -0.39 is 0 Å². The zero-order chi connectivity index (χ0) is 24.4. The quantitative estimate of drug-likeness (QED) is 0.452. The minimum absolute atomic E-state index is 0.164. The number of pyridine rings is 1. The number of hydrogen-bond donors (Lipinski definition) is 1. The van der Waals surface area contributed by atoms with E-state index in [2.05, 4.69) is 32.3 Å². The Morgan fingerprint density at radius 2 is 2.03 bits per heavy atom. The topological polar surface area (TPSA) is 91.8 Å². The Morgan fingerprint density at radius 3 is 2.86 bits per heavy atom. The highest BCUT2D eigenvalue weighted by atomic mass is 16.1. The number of nitrogens with one attached hydrogen (secondary N) is 1. The Balaban J connectivity index is 1.69. The fourth-order valence-corrected chi connectivity index (χ4v) is 4.77. The van der Waals surface area contributed by atoms with Crippen molar-refractivity contribution in [1.82, 2.24) is 24.4 Å². The van der Waals surface area contributed by atoms with Crippen LogP contribution in [0.15, 0.2) is 59.3 Å². The highest BCUT2D eigenvalue weighted by Crippen LogP contribution is 2.30. The minimum Gasteiger partial charge on any atom is -0.355 e. The molecule has 1 aromatic carbocycles. The van der Waals surface area contributed by atoms with Gasteiger partial charge in [-0.2, -0.15) is 5.26 Å². The SMILES string of the molecule is CC(C)=CCn1c(N2CCCNCC2)c(C#N)c2ncn(Cc3nccc4ccccc34)c(=O)c21. The van der Waals surface area contributed by atoms with Crippen LogP contribution in [0.1, 0.15) is 31.5 Å². The first kappa shape index (κ1) is 22.8. The zero-order valence-electron chi connectivity index (χ0n) is 20.2. The lowest BCUT2D eigenvalue weighted by atomic mass is 10.1. The standard InChI is InChI=1S/C27H29N7O/c1-19(2)9-14-34-25-24(22(16-28)26(34)32-13-5-10-29-12-15-32)31-18-33(27(25)35)17-23-21-7-4-3-6-20(21)8-11-30-23/h3-4,6-9,11,18,29H,5,10,12-15,17H2,1-2H3. The molecule has 178 valence electrons. The molecule has 1 fully saturated rings. The van der Waals surface area contributed by atoms with E-state index >= 15 is 0 Å². The summed E-state index contributed by atoms with van der Waals surface area (Å²) in [5.41, 5.74) is 3.20. The van der Waals surface area contributed by atoms with E-state index in [1.165, 1.54) is 0 Å². The molecule has 0 saturated carbocycles. The van der Waals surface area contributed by atoms with Crippen LogP contribution >= 0.6 is 0 Å². The number of rotatable bonds is 5. The van der Waals surface area contributed by atoms with Gasteiger partial charge in [0, 0.05) is 37.8 Å². The molecule has 5 rings (SSSR count). The van der Waals surface area contributed by atoms with E-state index in [9.17, 15) is 10.1 Å². The van der Waals surface area contributed by atoms with Gasteiger partial charge in [0.1, 0.15) is 28.5 Å². The number of fused-ring (bicyclic) bond motifs is 2. The number of anilines is 1. The van der Waals surface area contributed by atoms with Crippen molar-refractivity contribution in [2.24, 2.45) is 0 Å². The molecule has 0 amide bonds. The van der Waals surface area contributed by atoms with E-state index in [1.54, 1.807) is 17.1 Å². The fourth-order valence-electron chi connectivity index (χ4n) is 4.77. The Labute approximate surface area is 204 Å². The molecule has 4 aromatic rings. The molecule has 1 aliphatic rings. The molecule has 0 unspecified atom stereocenters. The molecule has 4 heterocycles. The number of allylic oxidation sites excluding steroid dienone is 2. The van der Waals surface area contributed by atoms with E-state index in [0.29, 0.717) is 29.7 Å². The van der Waals surface area contributed by atoms with Gasteiger partial charge in [-0.1, -0.05) is 35.9 Å². The van der Waals surface area contributed by atoms with E-state index in [1.807, 2.05) is 48.7 Å². The van der Waals surface area contributed by atoms with Crippen LogP contribution in [-0.4, -0.2) is 45.3 Å². The molecule has 1 N–H and O–H groups in total. The third-order valence-corrected chi connectivity index (χ3v) is 6.51. The molecule has 3 aromatic heterocycles. The number of nitriles is 1. The van der Waals surface area contributed by atoms with Gasteiger partial charge in [-0.25, -0.2) is 4.98 Å². The fraction of sp³-hybridized carbons (Fsp3) is 0.333. The molecule has 0 bridgehead atoms. The number of nitrogens with zero attached hydrogens (tertiary/aromatic N) is 6. The maximum Gasteiger partial charge on any atom is 0.278 e. The molecule has 0 atom stereocenters. The van der Waals surface area contributed by atoms with Crippen LogP contribution in [0.3, 0.4) is 0 Å². The van der Waals surface area contributed by atoms with Crippen LogP contribution in [0.25, 0.3) is 21.8 Å². The van der Waals surface area contributed by atoms with E-state index in [4.69, 9.17) is 0 Å². The predicted octanol–water partition coefficient (Wildman–Crippen LogP) is 3.43. The second kappa shape index (κ2) is 9.72. The Morgan fingerprint density at radius 1 is 1.17 bits per heavy atom. The zero-order valence-corrected chi connectivity index (χ0v) is 20.2. The van der Waals surface area contributed by atoms with E-state index in [-0.39, 0.29) is 5.56 Å². The lowest BCUT2D eigenvalue weighted by Crippen LogP contribution is -2.31. The van der Waals surface area contributed by atoms with Gasteiger partial charge in [-0.3, -0.25) is 14.3 Å². The van der Waals surface area contributed by atoms with Crippen LogP contribution < -0.4 is 15.8 Å². The van der Waals surface area contributed by atoms with Crippen LogP contribution in [0.4, 0.5) is 5.82 Å². The third-order valence-electron chi connectivity index (χ3n) is 6.51. The average molecular weight is 468 g/mol. The van der Waals surface area contributed by atoms with Gasteiger partial charge in [-0.05, 0) is 38.3 Å². The summed E-state index contributed by atoms with van der Waals surface area (Å²) >= 11 is 0. The summed E-state index contributed by atoms with van der Waals surface area (Å²) in [5, 5.41) is 15.6. The molecular weight excluding hydrogens is 438 g/mol. The summed E-state index contributed by atoms with van der Waals surface area (Å²) in [6, 6.07) is 12.4. The highest BCUT2D eigenvalue weighted by Gasteiger charge is 2.26. The second-order valence-corrected chi connectivity index (χ2v) is 9.15. The van der Waals surface area contributed by atoms with Crippen LogP contribution in [0.2, 0.25) is 0 Å². The first-order chi connectivity index (χ1) is 17.1. The van der Waals surface area contributed by atoms with Crippen molar-refractivity contribution in [2.45, 2.75) is 33.4 Å². The average Bonchev–Trinajstić information content (AvgIpc) is 2.98. The highest BCUT2D eigenvalue weighted by molar-refractivity contribution is 5.89. The van der Waals surface area contributed by atoms with Gasteiger partial charge < -0.3 is 14.8 Å². The molecular formula is C27H29N7O. The van der Waals surface area contributed by atoms with Crippen molar-refractivity contribution in [2.75, 3.05) is 31.1 Å². The molecule has 0 radical (unpaired) electrons. The molecule has 1 aliphatic heterocycles. The Hall–Kier alpha value is -3.96. The Bertz CT molecular complexity index is 1510.